The molecule has 0 heterocycles. The topological polar surface area (TPSA) is 66.5 Å². The highest BCUT2D eigenvalue weighted by atomic mass is 35.5. The van der Waals surface area contributed by atoms with Crippen molar-refractivity contribution in [2.75, 3.05) is 6.54 Å². The Bertz CT molecular complexity index is 1340. The van der Waals surface area contributed by atoms with E-state index >= 15 is 0 Å². The molecule has 35 heavy (non-hydrogen) atoms. The molecule has 0 spiro atoms. The molecule has 5 nitrogen and oxygen atoms in total. The van der Waals surface area contributed by atoms with Crippen LogP contribution >= 0.6 is 34.8 Å². The van der Waals surface area contributed by atoms with Gasteiger partial charge in [0.2, 0.25) is 15.9 Å². The zero-order valence-electron chi connectivity index (χ0n) is 19.9. The van der Waals surface area contributed by atoms with E-state index in [-0.39, 0.29) is 24.0 Å². The molecule has 0 radical (unpaired) electrons. The lowest BCUT2D eigenvalue weighted by Gasteiger charge is -2.24. The Morgan fingerprint density at radius 3 is 2.14 bits per heavy atom. The van der Waals surface area contributed by atoms with Gasteiger partial charge in [0.1, 0.15) is 0 Å². The SMILES string of the molecule is Cc1cc(C)c([C@@H](C)NC(=O)CN(Cc2ccc(Cl)c(Cl)c2)S(=O)(=O)c2ccc(Cl)cc2)cc1C. The van der Waals surface area contributed by atoms with Crippen molar-refractivity contribution in [1.82, 2.24) is 9.62 Å². The van der Waals surface area contributed by atoms with Crippen LogP contribution in [0.4, 0.5) is 0 Å². The third-order valence-electron chi connectivity index (χ3n) is 5.84. The molecule has 0 saturated heterocycles. The van der Waals surface area contributed by atoms with E-state index in [2.05, 4.69) is 11.4 Å². The molecular formula is C26H27Cl3N2O3S. The van der Waals surface area contributed by atoms with Gasteiger partial charge in [0, 0.05) is 11.6 Å². The van der Waals surface area contributed by atoms with E-state index < -0.39 is 15.9 Å². The molecule has 0 fully saturated rings. The largest absolute Gasteiger partial charge is 0.348 e. The number of carbonyl (C=O) groups is 1. The minimum Gasteiger partial charge on any atom is -0.348 e. The number of hydrogen-bond donors (Lipinski definition) is 1. The van der Waals surface area contributed by atoms with Crippen LogP contribution < -0.4 is 5.32 Å². The molecule has 0 bridgehead atoms. The number of rotatable bonds is 8. The summed E-state index contributed by atoms with van der Waals surface area (Å²) >= 11 is 18.1. The maximum atomic E-state index is 13.5. The summed E-state index contributed by atoms with van der Waals surface area (Å²) in [4.78, 5) is 13.1. The van der Waals surface area contributed by atoms with Crippen molar-refractivity contribution in [3.05, 3.63) is 97.5 Å². The molecule has 0 aliphatic heterocycles. The average Bonchev–Trinajstić information content (AvgIpc) is 2.78. The zero-order valence-corrected chi connectivity index (χ0v) is 23.0. The first-order valence-electron chi connectivity index (χ1n) is 10.9. The van der Waals surface area contributed by atoms with Gasteiger partial charge in [0.15, 0.2) is 0 Å². The van der Waals surface area contributed by atoms with Crippen molar-refractivity contribution in [1.29, 1.82) is 0 Å². The number of carbonyl (C=O) groups excluding carboxylic acids is 1. The van der Waals surface area contributed by atoms with E-state index in [1.54, 1.807) is 18.2 Å². The van der Waals surface area contributed by atoms with E-state index in [1.807, 2.05) is 33.8 Å². The molecule has 3 aromatic rings. The number of sulfonamides is 1. The lowest BCUT2D eigenvalue weighted by Crippen LogP contribution is -2.41. The van der Waals surface area contributed by atoms with Crippen LogP contribution in [0.5, 0.6) is 0 Å². The number of benzene rings is 3. The average molecular weight is 554 g/mol. The Morgan fingerprint density at radius 2 is 1.51 bits per heavy atom. The first-order chi connectivity index (χ1) is 16.4. The summed E-state index contributed by atoms with van der Waals surface area (Å²) < 4.78 is 28.1. The third-order valence-corrected chi connectivity index (χ3v) is 8.64. The van der Waals surface area contributed by atoms with Gasteiger partial charge in [-0.05, 0) is 91.9 Å². The Labute approximate surface area is 222 Å². The van der Waals surface area contributed by atoms with Crippen LogP contribution in [0.3, 0.4) is 0 Å². The molecule has 3 aromatic carbocycles. The summed E-state index contributed by atoms with van der Waals surface area (Å²) in [5.41, 5.74) is 4.94. The lowest BCUT2D eigenvalue weighted by molar-refractivity contribution is -0.122. The highest BCUT2D eigenvalue weighted by molar-refractivity contribution is 7.89. The van der Waals surface area contributed by atoms with Gasteiger partial charge >= 0.3 is 0 Å². The van der Waals surface area contributed by atoms with Gasteiger partial charge in [-0.1, -0.05) is 53.0 Å². The van der Waals surface area contributed by atoms with Gasteiger partial charge in [-0.2, -0.15) is 4.31 Å². The molecule has 0 aliphatic rings. The van der Waals surface area contributed by atoms with Crippen LogP contribution in [0.2, 0.25) is 15.1 Å². The number of halogens is 3. The van der Waals surface area contributed by atoms with Crippen LogP contribution in [-0.2, 0) is 21.4 Å². The van der Waals surface area contributed by atoms with Crippen LogP contribution in [0.1, 0.15) is 40.8 Å². The zero-order chi connectivity index (χ0) is 25.9. The number of hydrogen-bond acceptors (Lipinski definition) is 3. The van der Waals surface area contributed by atoms with Crippen LogP contribution in [0, 0.1) is 20.8 Å². The molecule has 186 valence electrons. The predicted octanol–water partition coefficient (Wildman–Crippen LogP) is 6.64. The van der Waals surface area contributed by atoms with E-state index in [4.69, 9.17) is 34.8 Å². The number of nitrogens with zero attached hydrogens (tertiary/aromatic N) is 1. The first-order valence-corrected chi connectivity index (χ1v) is 13.5. The van der Waals surface area contributed by atoms with E-state index in [0.717, 1.165) is 21.0 Å². The summed E-state index contributed by atoms with van der Waals surface area (Å²) in [5.74, 6) is -0.423. The molecule has 0 saturated carbocycles. The quantitative estimate of drug-likeness (QED) is 0.340. The minimum absolute atomic E-state index is 0.0350. The number of aryl methyl sites for hydroxylation is 3. The van der Waals surface area contributed by atoms with E-state index in [0.29, 0.717) is 20.6 Å². The van der Waals surface area contributed by atoms with Crippen LogP contribution in [-0.4, -0.2) is 25.2 Å². The van der Waals surface area contributed by atoms with Crippen molar-refractivity contribution in [2.45, 2.75) is 45.2 Å². The molecule has 1 amide bonds. The highest BCUT2D eigenvalue weighted by Crippen LogP contribution is 2.26. The molecule has 1 atom stereocenters. The van der Waals surface area contributed by atoms with Crippen molar-refractivity contribution in [2.24, 2.45) is 0 Å². The molecule has 0 aromatic heterocycles. The minimum atomic E-state index is -4.02. The second-order valence-corrected chi connectivity index (χ2v) is 11.7. The Kier molecular flexibility index (Phi) is 8.89. The highest BCUT2D eigenvalue weighted by Gasteiger charge is 2.28. The van der Waals surface area contributed by atoms with E-state index in [9.17, 15) is 13.2 Å². The van der Waals surface area contributed by atoms with Crippen molar-refractivity contribution in [3.63, 3.8) is 0 Å². The summed E-state index contributed by atoms with van der Waals surface area (Å²) in [7, 11) is -4.02. The fourth-order valence-electron chi connectivity index (χ4n) is 3.80. The van der Waals surface area contributed by atoms with Crippen molar-refractivity contribution >= 4 is 50.7 Å². The summed E-state index contributed by atoms with van der Waals surface area (Å²) in [6.45, 7) is 7.49. The van der Waals surface area contributed by atoms with Crippen molar-refractivity contribution < 1.29 is 13.2 Å². The maximum Gasteiger partial charge on any atom is 0.243 e. The second kappa shape index (κ2) is 11.3. The normalized spacial score (nSPS) is 12.6. The van der Waals surface area contributed by atoms with Gasteiger partial charge in [-0.25, -0.2) is 8.42 Å². The summed E-state index contributed by atoms with van der Waals surface area (Å²) in [6, 6.07) is 14.5. The van der Waals surface area contributed by atoms with Crippen LogP contribution in [0.15, 0.2) is 59.5 Å². The molecular weight excluding hydrogens is 527 g/mol. The van der Waals surface area contributed by atoms with E-state index in [1.165, 1.54) is 29.8 Å². The maximum absolute atomic E-state index is 13.5. The standard InChI is InChI=1S/C26H27Cl3N2O3S/c1-16-11-18(3)23(12-17(16)2)19(4)30-26(32)15-31(14-20-5-10-24(28)25(29)13-20)35(33,34)22-8-6-21(27)7-9-22/h5-13,19H,14-15H2,1-4H3,(H,30,32)/t19-/m1/s1. The first kappa shape index (κ1) is 27.5. The summed E-state index contributed by atoms with van der Waals surface area (Å²) in [6.07, 6.45) is 0. The number of amides is 1. The van der Waals surface area contributed by atoms with Gasteiger partial charge < -0.3 is 5.32 Å². The molecule has 3 rings (SSSR count). The van der Waals surface area contributed by atoms with Crippen LogP contribution in [0.25, 0.3) is 0 Å². The molecule has 9 heteroatoms. The number of nitrogens with one attached hydrogen (secondary N) is 1. The van der Waals surface area contributed by atoms with Gasteiger partial charge in [-0.3, -0.25) is 4.79 Å². The molecule has 1 N–H and O–H groups in total. The smallest absolute Gasteiger partial charge is 0.243 e. The lowest BCUT2D eigenvalue weighted by atomic mass is 9.96. The summed E-state index contributed by atoms with van der Waals surface area (Å²) in [5, 5.41) is 4.01. The monoisotopic (exact) mass is 552 g/mol. The third kappa shape index (κ3) is 6.78. The Hall–Kier alpha value is -2.09. The van der Waals surface area contributed by atoms with Gasteiger partial charge in [0.05, 0.1) is 27.5 Å². The van der Waals surface area contributed by atoms with Gasteiger partial charge in [-0.15, -0.1) is 0 Å². The van der Waals surface area contributed by atoms with Gasteiger partial charge in [0.25, 0.3) is 0 Å². The Balaban J connectivity index is 1.88. The van der Waals surface area contributed by atoms with Crippen molar-refractivity contribution in [3.8, 4) is 0 Å². The fraction of sp³-hybridized carbons (Fsp3) is 0.269. The molecule has 0 aliphatic carbocycles. The molecule has 0 unspecified atom stereocenters. The predicted molar refractivity (Wildman–Crippen MR) is 143 cm³/mol. The Morgan fingerprint density at radius 1 is 0.886 bits per heavy atom. The fourth-order valence-corrected chi connectivity index (χ4v) is 5.63. The second-order valence-electron chi connectivity index (χ2n) is 8.56.